The lowest BCUT2D eigenvalue weighted by molar-refractivity contribution is -0.385. The number of nitro benzene ring substituents is 1. The molecule has 0 amide bonds. The molecule has 0 aliphatic rings. The molecule has 1 aromatic rings. The van der Waals surface area contributed by atoms with Crippen LogP contribution in [0.4, 0.5) is 5.69 Å². The van der Waals surface area contributed by atoms with E-state index in [1.165, 1.54) is 39.3 Å². The Morgan fingerprint density at radius 3 is 2.50 bits per heavy atom. The summed E-state index contributed by atoms with van der Waals surface area (Å²) < 4.78 is 14.8. The van der Waals surface area contributed by atoms with Crippen LogP contribution in [0.15, 0.2) is 18.2 Å². The van der Waals surface area contributed by atoms with Gasteiger partial charge in [0.15, 0.2) is 17.6 Å². The van der Waals surface area contributed by atoms with E-state index in [0.717, 1.165) is 0 Å². The quantitative estimate of drug-likeness (QED) is 0.450. The average molecular weight is 255 g/mol. The van der Waals surface area contributed by atoms with Gasteiger partial charge in [0.2, 0.25) is 0 Å². The van der Waals surface area contributed by atoms with Gasteiger partial charge in [0.05, 0.1) is 25.2 Å². The van der Waals surface area contributed by atoms with Crippen LogP contribution in [0, 0.1) is 10.1 Å². The minimum atomic E-state index is -0.883. The lowest BCUT2D eigenvalue weighted by Crippen LogP contribution is -2.25. The van der Waals surface area contributed by atoms with Crippen LogP contribution in [0.25, 0.3) is 0 Å². The molecule has 0 bridgehead atoms. The second kappa shape index (κ2) is 5.85. The second-order valence-corrected chi connectivity index (χ2v) is 3.38. The van der Waals surface area contributed by atoms with Crippen molar-refractivity contribution < 1.29 is 23.9 Å². The van der Waals surface area contributed by atoms with Gasteiger partial charge in [-0.3, -0.25) is 10.1 Å². The first kappa shape index (κ1) is 13.8. The molecule has 1 rings (SSSR count). The Bertz CT molecular complexity index is 459. The molecule has 0 saturated carbocycles. The van der Waals surface area contributed by atoms with Gasteiger partial charge >= 0.3 is 5.97 Å². The Labute approximate surface area is 103 Å². The fourth-order valence-electron chi connectivity index (χ4n) is 1.28. The SMILES string of the molecule is COC(=O)C(C)Oc1cc([N+](=O)[O-])ccc1OC. The van der Waals surface area contributed by atoms with E-state index >= 15 is 0 Å². The van der Waals surface area contributed by atoms with Gasteiger partial charge in [-0.1, -0.05) is 0 Å². The van der Waals surface area contributed by atoms with Crippen molar-refractivity contribution in [1.82, 2.24) is 0 Å². The highest BCUT2D eigenvalue weighted by Crippen LogP contribution is 2.31. The third-order valence-electron chi connectivity index (χ3n) is 2.19. The van der Waals surface area contributed by atoms with Gasteiger partial charge < -0.3 is 14.2 Å². The van der Waals surface area contributed by atoms with Gasteiger partial charge in [0.25, 0.3) is 5.69 Å². The average Bonchev–Trinajstić information content (AvgIpc) is 2.37. The number of carbonyl (C=O) groups excluding carboxylic acids is 1. The van der Waals surface area contributed by atoms with Gasteiger partial charge in [-0.05, 0) is 13.0 Å². The van der Waals surface area contributed by atoms with Crippen LogP contribution < -0.4 is 9.47 Å². The zero-order chi connectivity index (χ0) is 13.7. The molecule has 0 spiro atoms. The van der Waals surface area contributed by atoms with E-state index in [9.17, 15) is 14.9 Å². The van der Waals surface area contributed by atoms with Crippen molar-refractivity contribution in [1.29, 1.82) is 0 Å². The van der Waals surface area contributed by atoms with Crippen molar-refractivity contribution in [3.63, 3.8) is 0 Å². The molecule has 0 radical (unpaired) electrons. The van der Waals surface area contributed by atoms with E-state index in [2.05, 4.69) is 4.74 Å². The van der Waals surface area contributed by atoms with Crippen LogP contribution in [0.3, 0.4) is 0 Å². The van der Waals surface area contributed by atoms with Gasteiger partial charge in [-0.2, -0.15) is 0 Å². The van der Waals surface area contributed by atoms with Gasteiger partial charge in [0.1, 0.15) is 0 Å². The Kier molecular flexibility index (Phi) is 4.47. The Balaban J connectivity index is 3.01. The molecule has 0 fully saturated rings. The molecule has 0 N–H and O–H groups in total. The number of benzene rings is 1. The highest BCUT2D eigenvalue weighted by atomic mass is 16.6. The van der Waals surface area contributed by atoms with E-state index < -0.39 is 17.0 Å². The topological polar surface area (TPSA) is 87.9 Å². The highest BCUT2D eigenvalue weighted by Gasteiger charge is 2.19. The van der Waals surface area contributed by atoms with Crippen LogP contribution >= 0.6 is 0 Å². The predicted molar refractivity (Wildman–Crippen MR) is 61.8 cm³/mol. The Morgan fingerprint density at radius 2 is 2.00 bits per heavy atom. The number of esters is 1. The molecule has 1 aromatic carbocycles. The van der Waals surface area contributed by atoms with Crippen LogP contribution in [0.1, 0.15) is 6.92 Å². The summed E-state index contributed by atoms with van der Waals surface area (Å²) in [6.07, 6.45) is -0.883. The number of non-ortho nitro benzene ring substituents is 1. The van der Waals surface area contributed by atoms with E-state index in [1.807, 2.05) is 0 Å². The van der Waals surface area contributed by atoms with Crippen LogP contribution in [-0.2, 0) is 9.53 Å². The highest BCUT2D eigenvalue weighted by molar-refractivity contribution is 5.74. The van der Waals surface area contributed by atoms with Crippen molar-refractivity contribution in [2.45, 2.75) is 13.0 Å². The number of nitro groups is 1. The zero-order valence-corrected chi connectivity index (χ0v) is 10.2. The molecular formula is C11H13NO6. The fraction of sp³-hybridized carbons (Fsp3) is 0.364. The first-order valence-corrected chi connectivity index (χ1v) is 5.06. The van der Waals surface area contributed by atoms with Crippen molar-refractivity contribution in [3.05, 3.63) is 28.3 Å². The standard InChI is InChI=1S/C11H13NO6/c1-7(11(13)17-3)18-10-6-8(12(14)15)4-5-9(10)16-2/h4-7H,1-3H3. The summed E-state index contributed by atoms with van der Waals surface area (Å²) in [5, 5.41) is 10.6. The number of carbonyl (C=O) groups is 1. The van der Waals surface area contributed by atoms with E-state index in [-0.39, 0.29) is 11.4 Å². The van der Waals surface area contributed by atoms with Gasteiger partial charge in [-0.15, -0.1) is 0 Å². The lowest BCUT2D eigenvalue weighted by atomic mass is 10.2. The molecule has 0 heterocycles. The van der Waals surface area contributed by atoms with E-state index in [1.54, 1.807) is 0 Å². The minimum absolute atomic E-state index is 0.115. The largest absolute Gasteiger partial charge is 0.493 e. The molecular weight excluding hydrogens is 242 g/mol. The maximum absolute atomic E-state index is 11.2. The van der Waals surface area contributed by atoms with Crippen molar-refractivity contribution >= 4 is 11.7 Å². The van der Waals surface area contributed by atoms with Gasteiger partial charge in [0, 0.05) is 6.07 Å². The summed E-state index contributed by atoms with van der Waals surface area (Å²) in [7, 11) is 2.63. The van der Waals surface area contributed by atoms with Crippen LogP contribution in [0.2, 0.25) is 0 Å². The first-order chi connectivity index (χ1) is 8.49. The molecule has 0 aliphatic heterocycles. The second-order valence-electron chi connectivity index (χ2n) is 3.38. The Hall–Kier alpha value is -2.31. The molecule has 7 nitrogen and oxygen atoms in total. The van der Waals surface area contributed by atoms with Crippen LogP contribution in [-0.4, -0.2) is 31.2 Å². The summed E-state index contributed by atoms with van der Waals surface area (Å²) in [5.41, 5.74) is -0.150. The monoisotopic (exact) mass is 255 g/mol. The van der Waals surface area contributed by atoms with Crippen molar-refractivity contribution in [2.75, 3.05) is 14.2 Å². The minimum Gasteiger partial charge on any atom is -0.493 e. The molecule has 18 heavy (non-hydrogen) atoms. The third-order valence-corrected chi connectivity index (χ3v) is 2.19. The Morgan fingerprint density at radius 1 is 1.33 bits per heavy atom. The number of ether oxygens (including phenoxy) is 3. The summed E-state index contributed by atoms with van der Waals surface area (Å²) in [5.74, 6) is -0.162. The summed E-state index contributed by atoms with van der Waals surface area (Å²) in [6, 6.07) is 3.88. The molecule has 1 unspecified atom stereocenters. The zero-order valence-electron chi connectivity index (χ0n) is 10.2. The molecule has 0 aromatic heterocycles. The maximum atomic E-state index is 11.2. The van der Waals surface area contributed by atoms with Crippen molar-refractivity contribution in [3.8, 4) is 11.5 Å². The molecule has 0 aliphatic carbocycles. The first-order valence-electron chi connectivity index (χ1n) is 5.06. The lowest BCUT2D eigenvalue weighted by Gasteiger charge is -2.14. The molecule has 0 saturated heterocycles. The van der Waals surface area contributed by atoms with Gasteiger partial charge in [-0.25, -0.2) is 4.79 Å². The fourth-order valence-corrected chi connectivity index (χ4v) is 1.28. The van der Waals surface area contributed by atoms with E-state index in [4.69, 9.17) is 9.47 Å². The number of methoxy groups -OCH3 is 2. The summed E-state index contributed by atoms with van der Waals surface area (Å²) >= 11 is 0. The number of hydrogen-bond donors (Lipinski definition) is 0. The third kappa shape index (κ3) is 3.09. The smallest absolute Gasteiger partial charge is 0.346 e. The normalized spacial score (nSPS) is 11.5. The molecule has 1 atom stereocenters. The summed E-state index contributed by atoms with van der Waals surface area (Å²) in [6.45, 7) is 1.48. The summed E-state index contributed by atoms with van der Waals surface area (Å²) in [4.78, 5) is 21.3. The number of rotatable bonds is 5. The number of nitrogens with zero attached hydrogens (tertiary/aromatic N) is 1. The maximum Gasteiger partial charge on any atom is 0.346 e. The molecule has 7 heteroatoms. The predicted octanol–water partition coefficient (Wildman–Crippen LogP) is 1.54. The van der Waals surface area contributed by atoms with Crippen molar-refractivity contribution in [2.24, 2.45) is 0 Å². The van der Waals surface area contributed by atoms with E-state index in [0.29, 0.717) is 5.75 Å². The molecule has 98 valence electrons. The van der Waals surface area contributed by atoms with Crippen LogP contribution in [0.5, 0.6) is 11.5 Å². The number of hydrogen-bond acceptors (Lipinski definition) is 6.